The third-order valence-electron chi connectivity index (χ3n) is 5.82. The zero-order valence-electron chi connectivity index (χ0n) is 19.1. The van der Waals surface area contributed by atoms with E-state index in [1.807, 2.05) is 18.2 Å². The second-order valence-corrected chi connectivity index (χ2v) is 7.72. The second-order valence-electron chi connectivity index (χ2n) is 7.72. The monoisotopic (exact) mass is 437 g/mol. The van der Waals surface area contributed by atoms with Gasteiger partial charge in [-0.25, -0.2) is 9.79 Å². The number of hydrogen-bond acceptors (Lipinski definition) is 6. The molecule has 8 heteroatoms. The van der Waals surface area contributed by atoms with Crippen LogP contribution in [0.1, 0.15) is 18.4 Å². The van der Waals surface area contributed by atoms with E-state index in [1.165, 1.54) is 0 Å². The predicted molar refractivity (Wildman–Crippen MR) is 121 cm³/mol. The molecule has 3 aromatic rings. The molecule has 0 saturated carbocycles. The summed E-state index contributed by atoms with van der Waals surface area (Å²) in [4.78, 5) is 18.0. The highest BCUT2D eigenvalue weighted by Gasteiger charge is 2.26. The van der Waals surface area contributed by atoms with Crippen LogP contribution in [0.3, 0.4) is 0 Å². The largest absolute Gasteiger partial charge is 0.497 e. The van der Waals surface area contributed by atoms with Crippen LogP contribution >= 0.6 is 0 Å². The predicted octanol–water partition coefficient (Wildman–Crippen LogP) is 3.24. The summed E-state index contributed by atoms with van der Waals surface area (Å²) >= 11 is 0. The van der Waals surface area contributed by atoms with Crippen molar-refractivity contribution < 1.29 is 18.9 Å². The molecule has 1 atom stereocenters. The molecular weight excluding hydrogens is 410 g/mol. The summed E-state index contributed by atoms with van der Waals surface area (Å²) in [5.41, 5.74) is 3.83. The summed E-state index contributed by atoms with van der Waals surface area (Å²) in [6.07, 6.45) is 0. The van der Waals surface area contributed by atoms with Crippen molar-refractivity contribution in [3.05, 3.63) is 57.9 Å². The maximum absolute atomic E-state index is 13.3. The van der Waals surface area contributed by atoms with E-state index >= 15 is 0 Å². The number of fused-ring (bicyclic) bond motifs is 3. The molecule has 1 unspecified atom stereocenters. The van der Waals surface area contributed by atoms with Crippen LogP contribution in [-0.4, -0.2) is 37.6 Å². The number of benzene rings is 2. The normalized spacial score (nSPS) is 15.1. The maximum atomic E-state index is 13.3. The fourth-order valence-electron chi connectivity index (χ4n) is 4.07. The Morgan fingerprint density at radius 2 is 1.50 bits per heavy atom. The molecule has 168 valence electrons. The lowest BCUT2D eigenvalue weighted by atomic mass is 9.89. The molecule has 4 rings (SSSR count). The molecule has 0 bridgehead atoms. The topological polar surface area (TPSA) is 76.2 Å². The lowest BCUT2D eigenvalue weighted by Gasteiger charge is -2.28. The molecule has 0 radical (unpaired) electrons. The minimum absolute atomic E-state index is 0.136. The molecule has 32 heavy (non-hydrogen) atoms. The average molecular weight is 437 g/mol. The van der Waals surface area contributed by atoms with Crippen molar-refractivity contribution >= 4 is 5.69 Å². The van der Waals surface area contributed by atoms with Crippen molar-refractivity contribution in [1.29, 1.82) is 0 Å². The highest BCUT2D eigenvalue weighted by atomic mass is 16.5. The van der Waals surface area contributed by atoms with Gasteiger partial charge in [-0.2, -0.15) is 0 Å². The van der Waals surface area contributed by atoms with E-state index in [-0.39, 0.29) is 11.6 Å². The van der Waals surface area contributed by atoms with E-state index < -0.39 is 0 Å². The first kappa shape index (κ1) is 21.5. The van der Waals surface area contributed by atoms with Crippen LogP contribution in [0, 0.1) is 0 Å². The third-order valence-corrected chi connectivity index (χ3v) is 5.82. The Hall–Kier alpha value is -3.68. The number of aromatic nitrogens is 2. The van der Waals surface area contributed by atoms with E-state index in [9.17, 15) is 4.79 Å². The zero-order valence-corrected chi connectivity index (χ0v) is 19.1. The quantitative estimate of drug-likeness (QED) is 0.613. The Morgan fingerprint density at radius 1 is 0.875 bits per heavy atom. The van der Waals surface area contributed by atoms with Crippen LogP contribution < -0.4 is 30.1 Å². The van der Waals surface area contributed by atoms with E-state index in [1.54, 1.807) is 62.8 Å². The van der Waals surface area contributed by atoms with Gasteiger partial charge in [0, 0.05) is 49.3 Å². The Bertz CT molecular complexity index is 1280. The number of nitrogens with zero attached hydrogens (tertiary/aromatic N) is 3. The van der Waals surface area contributed by atoms with Crippen molar-refractivity contribution in [2.75, 3.05) is 28.4 Å². The van der Waals surface area contributed by atoms with Crippen LogP contribution in [0.4, 0.5) is 5.69 Å². The third kappa shape index (κ3) is 3.62. The lowest BCUT2D eigenvalue weighted by molar-refractivity contribution is 0.354. The fourth-order valence-corrected chi connectivity index (χ4v) is 4.07. The van der Waals surface area contributed by atoms with Crippen LogP contribution in [-0.2, 0) is 13.6 Å². The van der Waals surface area contributed by atoms with Crippen molar-refractivity contribution in [3.8, 4) is 34.3 Å². The van der Waals surface area contributed by atoms with E-state index in [0.717, 1.165) is 16.8 Å². The minimum Gasteiger partial charge on any atom is -0.497 e. The van der Waals surface area contributed by atoms with E-state index in [2.05, 4.69) is 6.92 Å². The van der Waals surface area contributed by atoms with Gasteiger partial charge in [0.05, 0.1) is 39.8 Å². The molecule has 1 aliphatic rings. The number of rotatable bonds is 5. The SMILES string of the molecule is COc1cc(/N=c2/cc3n(c(=O)n2C)CC(C)c2cc(OC)c(OC)cc2-3)cc(OC)c1. The van der Waals surface area contributed by atoms with E-state index in [0.29, 0.717) is 40.7 Å². The minimum atomic E-state index is -0.136. The summed E-state index contributed by atoms with van der Waals surface area (Å²) < 4.78 is 25.0. The summed E-state index contributed by atoms with van der Waals surface area (Å²) in [7, 11) is 8.12. The molecule has 0 saturated heterocycles. The lowest BCUT2D eigenvalue weighted by Crippen LogP contribution is -2.41. The van der Waals surface area contributed by atoms with Gasteiger partial charge in [-0.1, -0.05) is 6.92 Å². The smallest absolute Gasteiger partial charge is 0.329 e. The molecule has 0 aliphatic carbocycles. The average Bonchev–Trinajstić information content (AvgIpc) is 2.82. The summed E-state index contributed by atoms with van der Waals surface area (Å²) in [6, 6.07) is 11.2. The molecule has 8 nitrogen and oxygen atoms in total. The molecule has 0 fully saturated rings. The Balaban J connectivity index is 1.98. The Morgan fingerprint density at radius 3 is 2.09 bits per heavy atom. The van der Waals surface area contributed by atoms with Gasteiger partial charge in [-0.05, 0) is 17.7 Å². The molecule has 2 aromatic carbocycles. The second kappa shape index (κ2) is 8.45. The summed E-state index contributed by atoms with van der Waals surface area (Å²) in [5, 5.41) is 0. The molecule has 1 aliphatic heterocycles. The zero-order chi connectivity index (χ0) is 23.0. The first-order valence-electron chi connectivity index (χ1n) is 10.2. The van der Waals surface area contributed by atoms with Gasteiger partial charge in [0.2, 0.25) is 0 Å². The Kier molecular flexibility index (Phi) is 5.69. The van der Waals surface area contributed by atoms with Crippen molar-refractivity contribution in [3.63, 3.8) is 0 Å². The Labute approximate surface area is 186 Å². The molecule has 0 amide bonds. The van der Waals surface area contributed by atoms with Gasteiger partial charge in [0.15, 0.2) is 11.5 Å². The molecule has 0 N–H and O–H groups in total. The van der Waals surface area contributed by atoms with Crippen LogP contribution in [0.2, 0.25) is 0 Å². The van der Waals surface area contributed by atoms with Gasteiger partial charge >= 0.3 is 5.69 Å². The van der Waals surface area contributed by atoms with Gasteiger partial charge < -0.3 is 18.9 Å². The summed E-state index contributed by atoms with van der Waals surface area (Å²) in [6.45, 7) is 2.67. The standard InChI is InChI=1S/C24H27N3O5/c1-14-13-27-20(19-11-22(32-6)21(31-5)10-18(14)19)12-23(26(2)24(27)28)25-15-7-16(29-3)9-17(8-15)30-4/h7-12,14H,13H2,1-6H3/b25-23-. The number of methoxy groups -OCH3 is 4. The van der Waals surface area contributed by atoms with Gasteiger partial charge in [-0.15, -0.1) is 0 Å². The van der Waals surface area contributed by atoms with Gasteiger partial charge in [0.25, 0.3) is 0 Å². The molecule has 0 spiro atoms. The molecular formula is C24H27N3O5. The van der Waals surface area contributed by atoms with Crippen molar-refractivity contribution in [2.45, 2.75) is 19.4 Å². The number of hydrogen-bond donors (Lipinski definition) is 0. The van der Waals surface area contributed by atoms with Crippen LogP contribution in [0.15, 0.2) is 46.2 Å². The fraction of sp³-hybridized carbons (Fsp3) is 0.333. The summed E-state index contributed by atoms with van der Waals surface area (Å²) in [5.74, 6) is 2.67. The molecule has 1 aromatic heterocycles. The van der Waals surface area contributed by atoms with Crippen LogP contribution in [0.25, 0.3) is 11.3 Å². The van der Waals surface area contributed by atoms with Gasteiger partial charge in [0.1, 0.15) is 17.0 Å². The van der Waals surface area contributed by atoms with Crippen molar-refractivity contribution in [1.82, 2.24) is 9.13 Å². The van der Waals surface area contributed by atoms with Crippen LogP contribution in [0.5, 0.6) is 23.0 Å². The van der Waals surface area contributed by atoms with E-state index in [4.69, 9.17) is 23.9 Å². The first-order chi connectivity index (χ1) is 15.4. The van der Waals surface area contributed by atoms with Crippen molar-refractivity contribution in [2.24, 2.45) is 12.0 Å². The highest BCUT2D eigenvalue weighted by molar-refractivity contribution is 5.71. The number of ether oxygens (including phenoxy) is 4. The first-order valence-corrected chi connectivity index (χ1v) is 10.2. The van der Waals surface area contributed by atoms with Gasteiger partial charge in [-0.3, -0.25) is 9.13 Å². The molecule has 2 heterocycles. The maximum Gasteiger partial charge on any atom is 0.329 e. The highest BCUT2D eigenvalue weighted by Crippen LogP contribution is 2.41.